The molecule has 4 rings (SSSR count). The van der Waals surface area contributed by atoms with Gasteiger partial charge >= 0.3 is 5.97 Å². The van der Waals surface area contributed by atoms with E-state index in [1.807, 2.05) is 6.92 Å². The van der Waals surface area contributed by atoms with Crippen molar-refractivity contribution in [1.29, 1.82) is 0 Å². The summed E-state index contributed by atoms with van der Waals surface area (Å²) in [6.07, 6.45) is 7.04. The molecule has 0 aromatic rings. The van der Waals surface area contributed by atoms with Gasteiger partial charge in [-0.25, -0.2) is 4.79 Å². The van der Waals surface area contributed by atoms with Crippen molar-refractivity contribution in [2.45, 2.75) is 81.8 Å². The van der Waals surface area contributed by atoms with Gasteiger partial charge in [0.15, 0.2) is 8.32 Å². The molecule has 0 N–H and O–H groups in total. The molecule has 0 bridgehead atoms. The Balaban J connectivity index is 1.62. The highest BCUT2D eigenvalue weighted by Gasteiger charge is 2.78. The number of rotatable bonds is 4. The van der Waals surface area contributed by atoms with Crippen LogP contribution in [0.5, 0.6) is 0 Å². The van der Waals surface area contributed by atoms with Crippen LogP contribution in [0.4, 0.5) is 0 Å². The van der Waals surface area contributed by atoms with E-state index in [1.165, 1.54) is 37.3 Å². The van der Waals surface area contributed by atoms with Crippen LogP contribution in [0.3, 0.4) is 0 Å². The molecule has 3 aliphatic heterocycles. The minimum atomic E-state index is -2.04. The topological polar surface area (TPSA) is 57.2 Å². The number of hydroxylamine groups is 2. The van der Waals surface area contributed by atoms with Crippen LogP contribution in [0.25, 0.3) is 0 Å². The zero-order valence-electron chi connectivity index (χ0n) is 15.0. The van der Waals surface area contributed by atoms with Gasteiger partial charge in [-0.15, -0.1) is 0 Å². The van der Waals surface area contributed by atoms with Crippen molar-refractivity contribution < 1.29 is 23.6 Å². The molecule has 4 atom stereocenters. The number of hydrogen-bond acceptors (Lipinski definition) is 6. The molecule has 4 fully saturated rings. The SMILES string of the molecule is CCOC(=O)[C@@]12[C@@H]3O[Si](C)(C)[C@H]1CON2O[C@H]3CC1CCCCC1. The fraction of sp³-hybridized carbons (Fsp3) is 0.941. The quantitative estimate of drug-likeness (QED) is 0.571. The molecule has 4 aliphatic rings. The molecule has 1 saturated carbocycles. The third kappa shape index (κ3) is 2.32. The second-order valence-electron chi connectivity index (χ2n) is 8.18. The Morgan fingerprint density at radius 1 is 1.29 bits per heavy atom. The number of carbonyl (C=O) groups excluding carboxylic acids is 1. The van der Waals surface area contributed by atoms with Gasteiger partial charge in [-0.1, -0.05) is 32.1 Å². The van der Waals surface area contributed by atoms with Crippen LogP contribution in [-0.4, -0.2) is 50.5 Å². The highest BCUT2D eigenvalue weighted by Crippen LogP contribution is 2.59. The van der Waals surface area contributed by atoms with E-state index < -0.39 is 13.9 Å². The summed E-state index contributed by atoms with van der Waals surface area (Å²) in [5.74, 6) is 0.428. The van der Waals surface area contributed by atoms with Crippen LogP contribution in [-0.2, 0) is 23.6 Å². The molecule has 0 radical (unpaired) electrons. The van der Waals surface area contributed by atoms with Crippen molar-refractivity contribution in [3.63, 3.8) is 0 Å². The lowest BCUT2D eigenvalue weighted by Crippen LogP contribution is -2.54. The number of carbonyl (C=O) groups is 1. The number of hydrogen-bond donors (Lipinski definition) is 0. The van der Waals surface area contributed by atoms with Crippen LogP contribution in [0.2, 0.25) is 18.6 Å². The first-order valence-corrected chi connectivity index (χ1v) is 12.4. The zero-order valence-corrected chi connectivity index (χ0v) is 16.0. The second kappa shape index (κ2) is 6.05. The molecule has 0 aromatic heterocycles. The Bertz CT molecular complexity index is 509. The minimum absolute atomic E-state index is 0.0606. The molecule has 3 heterocycles. The van der Waals surface area contributed by atoms with Crippen LogP contribution < -0.4 is 0 Å². The lowest BCUT2D eigenvalue weighted by molar-refractivity contribution is -0.356. The van der Waals surface area contributed by atoms with Gasteiger partial charge in [0.1, 0.15) is 12.2 Å². The summed E-state index contributed by atoms with van der Waals surface area (Å²) in [5.41, 5.74) is -0.823. The Labute approximate surface area is 144 Å². The molecule has 6 nitrogen and oxygen atoms in total. The summed E-state index contributed by atoms with van der Waals surface area (Å²) in [7, 11) is -2.04. The number of ether oxygens (including phenoxy) is 1. The predicted octanol–water partition coefficient (Wildman–Crippen LogP) is 2.79. The molecular formula is C17H29NO5Si. The standard InChI is InChI=1S/C17H29NO5Si/c1-4-20-16(19)17-14-11-21-18(17)22-13(15(17)23-24(14,2)3)10-12-8-6-5-7-9-12/h12-15H,4-11H2,1-3H3/t13-,14-,15+,17-/m0/s1. The number of nitrogens with zero attached hydrogens (tertiary/aromatic N) is 1. The molecule has 0 aromatic carbocycles. The summed E-state index contributed by atoms with van der Waals surface area (Å²) in [6.45, 7) is 7.06. The Morgan fingerprint density at radius 2 is 2.04 bits per heavy atom. The summed E-state index contributed by atoms with van der Waals surface area (Å²) in [4.78, 5) is 24.8. The van der Waals surface area contributed by atoms with Crippen molar-refractivity contribution in [1.82, 2.24) is 5.23 Å². The third-order valence-electron chi connectivity index (χ3n) is 6.36. The van der Waals surface area contributed by atoms with E-state index in [0.717, 1.165) is 6.42 Å². The zero-order chi connectivity index (χ0) is 16.9. The fourth-order valence-corrected chi connectivity index (χ4v) is 8.26. The average molecular weight is 356 g/mol. The van der Waals surface area contributed by atoms with Gasteiger partial charge in [-0.3, -0.25) is 9.68 Å². The van der Waals surface area contributed by atoms with Gasteiger partial charge in [-0.2, -0.15) is 0 Å². The Kier molecular flexibility index (Phi) is 4.28. The average Bonchev–Trinajstić information content (AvgIpc) is 3.14. The van der Waals surface area contributed by atoms with E-state index in [1.54, 1.807) is 0 Å². The maximum absolute atomic E-state index is 13.0. The van der Waals surface area contributed by atoms with Crippen molar-refractivity contribution in [2.24, 2.45) is 5.92 Å². The lowest BCUT2D eigenvalue weighted by Gasteiger charge is -2.28. The smallest absolute Gasteiger partial charge is 0.334 e. The van der Waals surface area contributed by atoms with E-state index in [9.17, 15) is 4.79 Å². The Morgan fingerprint density at radius 3 is 2.75 bits per heavy atom. The first-order valence-electron chi connectivity index (χ1n) is 9.45. The summed E-state index contributed by atoms with van der Waals surface area (Å²) in [5, 5.41) is 1.47. The van der Waals surface area contributed by atoms with E-state index in [4.69, 9.17) is 18.8 Å². The van der Waals surface area contributed by atoms with E-state index in [0.29, 0.717) is 19.1 Å². The highest BCUT2D eigenvalue weighted by atomic mass is 28.4. The molecule has 3 saturated heterocycles. The van der Waals surface area contributed by atoms with Gasteiger partial charge in [0, 0.05) is 5.54 Å². The normalized spacial score (nSPS) is 41.5. The maximum atomic E-state index is 13.0. The second-order valence-corrected chi connectivity index (χ2v) is 12.3. The molecule has 0 amide bonds. The van der Waals surface area contributed by atoms with Gasteiger partial charge in [0.25, 0.3) is 0 Å². The van der Waals surface area contributed by atoms with E-state index in [-0.39, 0.29) is 23.7 Å². The summed E-state index contributed by atoms with van der Waals surface area (Å²) >= 11 is 0. The maximum Gasteiger partial charge on any atom is 0.334 e. The summed E-state index contributed by atoms with van der Waals surface area (Å²) < 4.78 is 12.0. The minimum Gasteiger partial charge on any atom is -0.464 e. The molecule has 0 spiro atoms. The van der Waals surface area contributed by atoms with Gasteiger partial charge in [-0.05, 0) is 37.6 Å². The molecule has 0 unspecified atom stereocenters. The molecular weight excluding hydrogens is 326 g/mol. The third-order valence-corrected chi connectivity index (χ3v) is 9.50. The van der Waals surface area contributed by atoms with Gasteiger partial charge < -0.3 is 9.16 Å². The van der Waals surface area contributed by atoms with Crippen molar-refractivity contribution >= 4 is 14.3 Å². The monoisotopic (exact) mass is 355 g/mol. The van der Waals surface area contributed by atoms with Crippen LogP contribution >= 0.6 is 0 Å². The van der Waals surface area contributed by atoms with Crippen LogP contribution in [0, 0.1) is 5.92 Å². The number of esters is 1. The largest absolute Gasteiger partial charge is 0.464 e. The first-order chi connectivity index (χ1) is 11.5. The fourth-order valence-electron chi connectivity index (χ4n) is 5.19. The summed E-state index contributed by atoms with van der Waals surface area (Å²) in [6, 6.07) is 0. The molecule has 7 heteroatoms. The molecule has 136 valence electrons. The van der Waals surface area contributed by atoms with Gasteiger partial charge in [0.2, 0.25) is 5.54 Å². The molecule has 24 heavy (non-hydrogen) atoms. The van der Waals surface area contributed by atoms with Crippen molar-refractivity contribution in [2.75, 3.05) is 13.2 Å². The molecule has 1 aliphatic carbocycles. The lowest BCUT2D eigenvalue weighted by atomic mass is 9.80. The van der Waals surface area contributed by atoms with Crippen LogP contribution in [0.1, 0.15) is 45.4 Å². The van der Waals surface area contributed by atoms with Crippen LogP contribution in [0.15, 0.2) is 0 Å². The van der Waals surface area contributed by atoms with E-state index in [2.05, 4.69) is 13.1 Å². The van der Waals surface area contributed by atoms with Crippen molar-refractivity contribution in [3.05, 3.63) is 0 Å². The van der Waals surface area contributed by atoms with Gasteiger partial charge in [0.05, 0.1) is 13.2 Å². The van der Waals surface area contributed by atoms with E-state index >= 15 is 0 Å². The van der Waals surface area contributed by atoms with Crippen molar-refractivity contribution in [3.8, 4) is 0 Å². The first kappa shape index (κ1) is 17.0. The Hall–Kier alpha value is -0.473. The predicted molar refractivity (Wildman–Crippen MR) is 89.3 cm³/mol. The highest BCUT2D eigenvalue weighted by molar-refractivity contribution is 6.74.